The Morgan fingerprint density at radius 3 is 2.74 bits per heavy atom. The van der Waals surface area contributed by atoms with Gasteiger partial charge in [-0.15, -0.1) is 11.3 Å². The maximum atomic E-state index is 13.2. The van der Waals surface area contributed by atoms with Gasteiger partial charge in [-0.25, -0.2) is 4.98 Å². The molecule has 0 spiro atoms. The van der Waals surface area contributed by atoms with Gasteiger partial charge >= 0.3 is 6.18 Å². The van der Waals surface area contributed by atoms with Crippen LogP contribution in [-0.2, 0) is 11.0 Å². The molecule has 4 aromatic rings. The number of amides is 1. The second-order valence-electron chi connectivity index (χ2n) is 6.48. The molecule has 2 heterocycles. The van der Waals surface area contributed by atoms with E-state index >= 15 is 0 Å². The van der Waals surface area contributed by atoms with Crippen molar-refractivity contribution in [1.29, 1.82) is 0 Å². The monoisotopic (exact) mass is 466 g/mol. The zero-order chi connectivity index (χ0) is 22.2. The predicted molar refractivity (Wildman–Crippen MR) is 112 cm³/mol. The van der Waals surface area contributed by atoms with Gasteiger partial charge in [-0.3, -0.25) is 4.79 Å². The second kappa shape index (κ2) is 8.20. The fourth-order valence-corrected chi connectivity index (χ4v) is 3.94. The number of fused-ring (bicyclic) bond motifs is 1. The van der Waals surface area contributed by atoms with Gasteiger partial charge in [0, 0.05) is 11.8 Å². The average molecular weight is 467 g/mol. The number of carbonyl (C=O) groups is 1. The Morgan fingerprint density at radius 2 is 2.00 bits per heavy atom. The normalized spacial score (nSPS) is 11.6. The first kappa shape index (κ1) is 21.1. The van der Waals surface area contributed by atoms with E-state index in [2.05, 4.69) is 15.4 Å². The first-order valence-corrected chi connectivity index (χ1v) is 10.1. The number of halogens is 4. The smallest absolute Gasteiger partial charge is 0.435 e. The van der Waals surface area contributed by atoms with E-state index < -0.39 is 24.4 Å². The Bertz CT molecular complexity index is 1270. The third-order valence-corrected chi connectivity index (χ3v) is 5.43. The molecule has 2 aromatic carbocycles. The van der Waals surface area contributed by atoms with E-state index in [9.17, 15) is 18.0 Å². The summed E-state index contributed by atoms with van der Waals surface area (Å²) in [6, 6.07) is 12.2. The van der Waals surface area contributed by atoms with Crippen molar-refractivity contribution < 1.29 is 22.7 Å². The molecule has 11 heteroatoms. The zero-order valence-electron chi connectivity index (χ0n) is 15.9. The average Bonchev–Trinajstić information content (AvgIpc) is 3.29. The van der Waals surface area contributed by atoms with Crippen LogP contribution in [0.15, 0.2) is 48.5 Å². The lowest BCUT2D eigenvalue weighted by Gasteiger charge is -2.10. The van der Waals surface area contributed by atoms with Crippen molar-refractivity contribution in [3.63, 3.8) is 0 Å². The molecule has 0 saturated heterocycles. The Kier molecular flexibility index (Phi) is 5.59. The number of anilines is 1. The van der Waals surface area contributed by atoms with Crippen LogP contribution in [0, 0.1) is 6.92 Å². The summed E-state index contributed by atoms with van der Waals surface area (Å²) in [6.07, 6.45) is -4.69. The summed E-state index contributed by atoms with van der Waals surface area (Å²) in [7, 11) is 0. The van der Waals surface area contributed by atoms with Crippen LogP contribution in [0.2, 0.25) is 5.02 Å². The predicted octanol–water partition coefficient (Wildman–Crippen LogP) is 5.48. The fraction of sp³-hybridized carbons (Fsp3) is 0.150. The largest absolute Gasteiger partial charge is 0.467 e. The number of aromatic nitrogens is 3. The Balaban J connectivity index is 1.53. The molecule has 0 bridgehead atoms. The van der Waals surface area contributed by atoms with Crippen LogP contribution >= 0.6 is 22.9 Å². The van der Waals surface area contributed by atoms with Crippen molar-refractivity contribution in [3.8, 4) is 11.6 Å². The molecule has 1 N–H and O–H groups in total. The lowest BCUT2D eigenvalue weighted by Crippen LogP contribution is -2.21. The van der Waals surface area contributed by atoms with E-state index in [4.69, 9.17) is 16.3 Å². The zero-order valence-corrected chi connectivity index (χ0v) is 17.5. The number of hydrogen-bond acceptors (Lipinski definition) is 5. The van der Waals surface area contributed by atoms with E-state index in [0.29, 0.717) is 5.69 Å². The number of aryl methyl sites for hydroxylation is 1. The Hall–Kier alpha value is -3.11. The molecule has 0 saturated carbocycles. The highest BCUT2D eigenvalue weighted by Crippen LogP contribution is 2.33. The van der Waals surface area contributed by atoms with Gasteiger partial charge in [0.1, 0.15) is 0 Å². The molecule has 6 nitrogen and oxygen atoms in total. The lowest BCUT2D eigenvalue weighted by atomic mass is 10.3. The van der Waals surface area contributed by atoms with E-state index in [1.807, 2.05) is 6.92 Å². The van der Waals surface area contributed by atoms with Crippen LogP contribution in [0.5, 0.6) is 5.88 Å². The van der Waals surface area contributed by atoms with Crippen molar-refractivity contribution in [1.82, 2.24) is 14.8 Å². The van der Waals surface area contributed by atoms with Gasteiger partial charge in [0.05, 0.1) is 25.9 Å². The second-order valence-corrected chi connectivity index (χ2v) is 8.12. The van der Waals surface area contributed by atoms with Gasteiger partial charge < -0.3 is 10.1 Å². The molecule has 160 valence electrons. The first-order chi connectivity index (χ1) is 14.7. The summed E-state index contributed by atoms with van der Waals surface area (Å²) >= 11 is 7.58. The molecule has 0 aliphatic heterocycles. The number of nitrogens with zero attached hydrogens (tertiary/aromatic N) is 3. The van der Waals surface area contributed by atoms with Crippen LogP contribution in [-0.4, -0.2) is 27.3 Å². The van der Waals surface area contributed by atoms with Crippen LogP contribution in [0.25, 0.3) is 15.9 Å². The molecule has 1 amide bonds. The SMILES string of the molecule is Cc1nc2ccc(NC(=O)COc3cc(C(F)(F)F)nn3-c3ccccc3Cl)cc2s1. The molecule has 0 aliphatic rings. The molecule has 0 aliphatic carbocycles. The summed E-state index contributed by atoms with van der Waals surface area (Å²) in [4.78, 5) is 16.7. The topological polar surface area (TPSA) is 69.0 Å². The summed E-state index contributed by atoms with van der Waals surface area (Å²) in [5, 5.41) is 7.29. The van der Waals surface area contributed by atoms with E-state index in [1.54, 1.807) is 30.3 Å². The minimum atomic E-state index is -4.69. The fourth-order valence-electron chi connectivity index (χ4n) is 2.86. The van der Waals surface area contributed by atoms with E-state index in [0.717, 1.165) is 26.0 Å². The van der Waals surface area contributed by atoms with Crippen molar-refractivity contribution in [2.75, 3.05) is 11.9 Å². The maximum absolute atomic E-state index is 13.2. The number of alkyl halides is 3. The number of benzene rings is 2. The number of para-hydroxylation sites is 1. The van der Waals surface area contributed by atoms with E-state index in [1.165, 1.54) is 23.5 Å². The van der Waals surface area contributed by atoms with Crippen molar-refractivity contribution in [2.45, 2.75) is 13.1 Å². The molecular formula is C20H14ClF3N4O2S. The number of rotatable bonds is 5. The van der Waals surface area contributed by atoms with Crippen molar-refractivity contribution in [3.05, 3.63) is 64.3 Å². The van der Waals surface area contributed by atoms with Crippen LogP contribution < -0.4 is 10.1 Å². The van der Waals surface area contributed by atoms with Gasteiger partial charge in [-0.05, 0) is 37.3 Å². The molecule has 4 rings (SSSR count). The summed E-state index contributed by atoms with van der Waals surface area (Å²) in [5.41, 5.74) is 0.385. The highest BCUT2D eigenvalue weighted by molar-refractivity contribution is 7.18. The van der Waals surface area contributed by atoms with Crippen LogP contribution in [0.1, 0.15) is 10.7 Å². The van der Waals surface area contributed by atoms with Gasteiger partial charge in [0.15, 0.2) is 12.3 Å². The quantitative estimate of drug-likeness (QED) is 0.423. The van der Waals surface area contributed by atoms with Gasteiger partial charge in [0.2, 0.25) is 5.88 Å². The Labute approximate surface area is 183 Å². The van der Waals surface area contributed by atoms with Gasteiger partial charge in [0.25, 0.3) is 5.91 Å². The molecular weight excluding hydrogens is 453 g/mol. The third kappa shape index (κ3) is 4.64. The maximum Gasteiger partial charge on any atom is 0.435 e. The molecule has 0 fully saturated rings. The molecule has 0 radical (unpaired) electrons. The first-order valence-electron chi connectivity index (χ1n) is 8.93. The van der Waals surface area contributed by atoms with Crippen molar-refractivity contribution >= 4 is 44.7 Å². The molecule has 31 heavy (non-hydrogen) atoms. The summed E-state index contributed by atoms with van der Waals surface area (Å²) in [5.74, 6) is -0.801. The minimum Gasteiger partial charge on any atom is -0.467 e. The standard InChI is InChI=1S/C20H14ClF3N4O2S/c1-11-25-14-7-6-12(8-16(14)31-11)26-18(29)10-30-19-9-17(20(22,23)24)27-28(19)15-5-3-2-4-13(15)21/h2-9H,10H2,1H3,(H,26,29). The number of hydrogen-bond donors (Lipinski definition) is 1. The molecule has 0 unspecified atom stereocenters. The number of thiazole rings is 1. The van der Waals surface area contributed by atoms with Gasteiger partial charge in [-0.2, -0.15) is 23.0 Å². The highest BCUT2D eigenvalue weighted by Gasteiger charge is 2.36. The highest BCUT2D eigenvalue weighted by atomic mass is 35.5. The van der Waals surface area contributed by atoms with Crippen LogP contribution in [0.3, 0.4) is 0 Å². The minimum absolute atomic E-state index is 0.182. The van der Waals surface area contributed by atoms with E-state index in [-0.39, 0.29) is 16.6 Å². The number of carbonyl (C=O) groups excluding carboxylic acids is 1. The third-order valence-electron chi connectivity index (χ3n) is 4.18. The summed E-state index contributed by atoms with van der Waals surface area (Å²) < 4.78 is 46.7. The lowest BCUT2D eigenvalue weighted by molar-refractivity contribution is -0.141. The molecule has 2 aromatic heterocycles. The van der Waals surface area contributed by atoms with Gasteiger partial charge in [-0.1, -0.05) is 23.7 Å². The summed E-state index contributed by atoms with van der Waals surface area (Å²) in [6.45, 7) is 1.36. The number of nitrogens with one attached hydrogen (secondary N) is 1. The molecule has 0 atom stereocenters. The Morgan fingerprint density at radius 1 is 1.23 bits per heavy atom. The van der Waals surface area contributed by atoms with Crippen LogP contribution in [0.4, 0.5) is 18.9 Å². The number of ether oxygens (including phenoxy) is 1. The van der Waals surface area contributed by atoms with Crippen molar-refractivity contribution in [2.24, 2.45) is 0 Å².